The third-order valence-corrected chi connectivity index (χ3v) is 7.40. The Labute approximate surface area is 160 Å². The van der Waals surface area contributed by atoms with Gasteiger partial charge in [-0.05, 0) is 31.0 Å². The summed E-state index contributed by atoms with van der Waals surface area (Å²) in [7, 11) is -2.28. The number of ether oxygens (including phenoxy) is 1. The fourth-order valence-corrected chi connectivity index (χ4v) is 5.59. The summed E-state index contributed by atoms with van der Waals surface area (Å²) in [5.41, 5.74) is 0. The van der Waals surface area contributed by atoms with Gasteiger partial charge >= 0.3 is 0 Å². The number of rotatable bonds is 4. The zero-order valence-electron chi connectivity index (χ0n) is 15.0. The molecule has 0 bridgehead atoms. The average molecular weight is 401 g/mol. The predicted octanol–water partition coefficient (Wildman–Crippen LogP) is 2.76. The van der Waals surface area contributed by atoms with Crippen molar-refractivity contribution in [3.05, 3.63) is 23.2 Å². The maximum atomic E-state index is 13.0. The van der Waals surface area contributed by atoms with Crippen LogP contribution in [-0.4, -0.2) is 56.8 Å². The first-order valence-corrected chi connectivity index (χ1v) is 10.9. The van der Waals surface area contributed by atoms with Gasteiger partial charge in [0.2, 0.25) is 15.9 Å². The molecule has 26 heavy (non-hydrogen) atoms. The Morgan fingerprint density at radius 3 is 2.38 bits per heavy atom. The number of amides is 1. The quantitative estimate of drug-likeness (QED) is 0.779. The van der Waals surface area contributed by atoms with E-state index in [9.17, 15) is 13.2 Å². The van der Waals surface area contributed by atoms with E-state index in [0.717, 1.165) is 25.7 Å². The van der Waals surface area contributed by atoms with Crippen molar-refractivity contribution in [2.45, 2.75) is 37.0 Å². The molecule has 2 fully saturated rings. The van der Waals surface area contributed by atoms with Crippen molar-refractivity contribution in [3.8, 4) is 5.75 Å². The third-order valence-electron chi connectivity index (χ3n) is 5.25. The Hall–Kier alpha value is -1.31. The van der Waals surface area contributed by atoms with Gasteiger partial charge in [-0.1, -0.05) is 30.9 Å². The summed E-state index contributed by atoms with van der Waals surface area (Å²) in [4.78, 5) is 14.5. The fourth-order valence-electron chi connectivity index (χ4n) is 3.75. The fraction of sp³-hybridized carbons (Fsp3) is 0.611. The van der Waals surface area contributed by atoms with Crippen LogP contribution in [0.25, 0.3) is 0 Å². The number of benzene rings is 1. The maximum Gasteiger partial charge on any atom is 0.246 e. The lowest BCUT2D eigenvalue weighted by Gasteiger charge is -2.36. The van der Waals surface area contributed by atoms with Crippen LogP contribution < -0.4 is 4.74 Å². The summed E-state index contributed by atoms with van der Waals surface area (Å²) in [5, 5.41) is 0.343. The highest BCUT2D eigenvalue weighted by atomic mass is 35.5. The van der Waals surface area contributed by atoms with Crippen LogP contribution in [0.1, 0.15) is 32.1 Å². The van der Waals surface area contributed by atoms with E-state index in [1.165, 1.54) is 23.9 Å². The molecule has 1 saturated heterocycles. The van der Waals surface area contributed by atoms with Gasteiger partial charge in [-0.15, -0.1) is 0 Å². The summed E-state index contributed by atoms with van der Waals surface area (Å²) >= 11 is 5.98. The molecule has 0 radical (unpaired) electrons. The number of halogens is 1. The SMILES string of the molecule is COc1ccc(Cl)cc1S(=O)(=O)N1CCN(C(=O)C2CCCCC2)CC1. The van der Waals surface area contributed by atoms with Crippen LogP contribution in [0.5, 0.6) is 5.75 Å². The molecule has 1 aliphatic carbocycles. The first-order chi connectivity index (χ1) is 12.4. The lowest BCUT2D eigenvalue weighted by molar-refractivity contribution is -0.137. The smallest absolute Gasteiger partial charge is 0.246 e. The molecule has 0 N–H and O–H groups in total. The van der Waals surface area contributed by atoms with E-state index in [2.05, 4.69) is 0 Å². The van der Waals surface area contributed by atoms with Crippen molar-refractivity contribution in [1.29, 1.82) is 0 Å². The Balaban J connectivity index is 1.69. The van der Waals surface area contributed by atoms with E-state index in [0.29, 0.717) is 18.1 Å². The summed E-state index contributed by atoms with van der Waals surface area (Å²) in [5.74, 6) is 0.567. The zero-order chi connectivity index (χ0) is 18.7. The largest absolute Gasteiger partial charge is 0.495 e. The first-order valence-electron chi connectivity index (χ1n) is 9.06. The highest BCUT2D eigenvalue weighted by Crippen LogP contribution is 2.31. The number of methoxy groups -OCH3 is 1. The minimum atomic E-state index is -3.72. The molecule has 8 heteroatoms. The van der Waals surface area contributed by atoms with Gasteiger partial charge in [0.1, 0.15) is 10.6 Å². The predicted molar refractivity (Wildman–Crippen MR) is 99.9 cm³/mol. The van der Waals surface area contributed by atoms with Crippen molar-refractivity contribution in [3.63, 3.8) is 0 Å². The van der Waals surface area contributed by atoms with Gasteiger partial charge in [-0.25, -0.2) is 8.42 Å². The molecule has 1 aliphatic heterocycles. The van der Waals surface area contributed by atoms with E-state index in [-0.39, 0.29) is 35.6 Å². The van der Waals surface area contributed by atoms with E-state index >= 15 is 0 Å². The van der Waals surface area contributed by atoms with Crippen LogP contribution in [0.2, 0.25) is 5.02 Å². The van der Waals surface area contributed by atoms with E-state index in [1.807, 2.05) is 4.90 Å². The Morgan fingerprint density at radius 2 is 1.77 bits per heavy atom. The molecule has 6 nitrogen and oxygen atoms in total. The number of piperazine rings is 1. The monoisotopic (exact) mass is 400 g/mol. The lowest BCUT2D eigenvalue weighted by atomic mass is 9.88. The average Bonchev–Trinajstić information content (AvgIpc) is 2.68. The Bertz CT molecular complexity index is 754. The molecule has 144 valence electrons. The second kappa shape index (κ2) is 8.15. The van der Waals surface area contributed by atoms with Gasteiger partial charge in [0, 0.05) is 37.1 Å². The molecule has 1 aromatic carbocycles. The van der Waals surface area contributed by atoms with E-state index in [1.54, 1.807) is 12.1 Å². The van der Waals surface area contributed by atoms with Crippen LogP contribution in [0.3, 0.4) is 0 Å². The molecule has 0 atom stereocenters. The van der Waals surface area contributed by atoms with Crippen molar-refractivity contribution in [2.24, 2.45) is 5.92 Å². The van der Waals surface area contributed by atoms with Crippen LogP contribution in [0.15, 0.2) is 23.1 Å². The minimum absolute atomic E-state index is 0.0690. The van der Waals surface area contributed by atoms with Gasteiger partial charge in [0.05, 0.1) is 7.11 Å². The van der Waals surface area contributed by atoms with Gasteiger partial charge in [-0.2, -0.15) is 4.31 Å². The number of carbonyl (C=O) groups excluding carboxylic acids is 1. The standard InChI is InChI=1S/C18H25ClN2O4S/c1-25-16-8-7-15(19)13-17(16)26(23,24)21-11-9-20(10-12-21)18(22)14-5-3-2-4-6-14/h7-8,13-14H,2-6,9-12H2,1H3. The number of carbonyl (C=O) groups is 1. The van der Waals surface area contributed by atoms with Crippen LogP contribution >= 0.6 is 11.6 Å². The molecular weight excluding hydrogens is 376 g/mol. The third kappa shape index (κ3) is 4.00. The van der Waals surface area contributed by atoms with Crippen LogP contribution in [0, 0.1) is 5.92 Å². The van der Waals surface area contributed by atoms with Gasteiger partial charge < -0.3 is 9.64 Å². The molecule has 2 aliphatic rings. The highest BCUT2D eigenvalue weighted by molar-refractivity contribution is 7.89. The van der Waals surface area contributed by atoms with Crippen molar-refractivity contribution >= 4 is 27.5 Å². The second-order valence-corrected chi connectivity index (χ2v) is 9.20. The summed E-state index contributed by atoms with van der Waals surface area (Å²) < 4.78 is 32.6. The highest BCUT2D eigenvalue weighted by Gasteiger charge is 2.34. The molecule has 0 spiro atoms. The van der Waals surface area contributed by atoms with Crippen molar-refractivity contribution < 1.29 is 17.9 Å². The van der Waals surface area contributed by atoms with Crippen LogP contribution in [-0.2, 0) is 14.8 Å². The zero-order valence-corrected chi connectivity index (χ0v) is 16.6. The van der Waals surface area contributed by atoms with Gasteiger partial charge in [0.25, 0.3) is 0 Å². The lowest BCUT2D eigenvalue weighted by Crippen LogP contribution is -2.52. The number of hydrogen-bond donors (Lipinski definition) is 0. The van der Waals surface area contributed by atoms with Gasteiger partial charge in [-0.3, -0.25) is 4.79 Å². The number of sulfonamides is 1. The molecule has 1 heterocycles. The summed E-state index contributed by atoms with van der Waals surface area (Å²) in [6.45, 7) is 1.43. The molecule has 3 rings (SSSR count). The molecule has 0 unspecified atom stereocenters. The molecule has 1 amide bonds. The van der Waals surface area contributed by atoms with E-state index in [4.69, 9.17) is 16.3 Å². The summed E-state index contributed by atoms with van der Waals surface area (Å²) in [6.07, 6.45) is 5.34. The Morgan fingerprint density at radius 1 is 1.12 bits per heavy atom. The molecule has 1 aromatic rings. The Kier molecular flexibility index (Phi) is 6.10. The molecule has 1 saturated carbocycles. The maximum absolute atomic E-state index is 13.0. The minimum Gasteiger partial charge on any atom is -0.495 e. The number of nitrogens with zero attached hydrogens (tertiary/aromatic N) is 2. The summed E-state index contributed by atoms with van der Waals surface area (Å²) in [6, 6.07) is 4.56. The van der Waals surface area contributed by atoms with Crippen molar-refractivity contribution in [2.75, 3.05) is 33.3 Å². The second-order valence-electron chi connectivity index (χ2n) is 6.86. The topological polar surface area (TPSA) is 66.9 Å². The molecule has 0 aromatic heterocycles. The molecular formula is C18H25ClN2O4S. The van der Waals surface area contributed by atoms with Gasteiger partial charge in [0.15, 0.2) is 0 Å². The number of hydrogen-bond acceptors (Lipinski definition) is 4. The normalized spacial score (nSPS) is 20.2. The van der Waals surface area contributed by atoms with E-state index < -0.39 is 10.0 Å². The first kappa shape index (κ1) is 19.5. The van der Waals surface area contributed by atoms with Crippen molar-refractivity contribution in [1.82, 2.24) is 9.21 Å². The van der Waals surface area contributed by atoms with Crippen LogP contribution in [0.4, 0.5) is 0 Å².